The highest BCUT2D eigenvalue weighted by Crippen LogP contribution is 2.14. The van der Waals surface area contributed by atoms with Crippen molar-refractivity contribution in [2.24, 2.45) is 0 Å². The van der Waals surface area contributed by atoms with Crippen molar-refractivity contribution in [2.45, 2.75) is 65.6 Å². The van der Waals surface area contributed by atoms with Crippen molar-refractivity contribution in [1.29, 1.82) is 0 Å². The molecule has 0 aromatic carbocycles. The van der Waals surface area contributed by atoms with Crippen LogP contribution in [-0.4, -0.2) is 28.8 Å². The van der Waals surface area contributed by atoms with E-state index in [0.717, 1.165) is 19.4 Å². The van der Waals surface area contributed by atoms with Crippen molar-refractivity contribution in [2.75, 3.05) is 6.54 Å². The maximum Gasteiger partial charge on any atom is 0.107 e. The zero-order valence-electron chi connectivity index (χ0n) is 9.58. The highest BCUT2D eigenvalue weighted by molar-refractivity contribution is 4.70. The van der Waals surface area contributed by atoms with Crippen LogP contribution in [0.1, 0.15) is 53.4 Å². The molecule has 0 aliphatic heterocycles. The molecule has 13 heavy (non-hydrogen) atoms. The Labute approximate surface area is 82.9 Å². The number of aliphatic hydroxyl groups is 1. The lowest BCUT2D eigenvalue weighted by Gasteiger charge is -2.33. The summed E-state index contributed by atoms with van der Waals surface area (Å²) >= 11 is 0. The maximum absolute atomic E-state index is 9.77. The van der Waals surface area contributed by atoms with E-state index in [9.17, 15) is 5.11 Å². The summed E-state index contributed by atoms with van der Waals surface area (Å²) in [6.07, 6.45) is 4.11. The zero-order valence-corrected chi connectivity index (χ0v) is 9.58. The quantitative estimate of drug-likeness (QED) is 0.619. The van der Waals surface area contributed by atoms with Gasteiger partial charge in [-0.15, -0.1) is 0 Å². The van der Waals surface area contributed by atoms with Crippen molar-refractivity contribution in [1.82, 2.24) is 4.90 Å². The van der Waals surface area contributed by atoms with Crippen molar-refractivity contribution in [3.63, 3.8) is 0 Å². The molecule has 0 saturated carbocycles. The molecule has 1 N–H and O–H groups in total. The molecule has 0 heterocycles. The summed E-state index contributed by atoms with van der Waals surface area (Å²) in [6, 6.07) is 0.560. The number of hydrogen-bond donors (Lipinski definition) is 1. The van der Waals surface area contributed by atoms with Gasteiger partial charge in [-0.2, -0.15) is 0 Å². The van der Waals surface area contributed by atoms with Crippen LogP contribution in [0.25, 0.3) is 0 Å². The van der Waals surface area contributed by atoms with Gasteiger partial charge in [-0.1, -0.05) is 34.1 Å². The fourth-order valence-electron chi connectivity index (χ4n) is 1.88. The standard InChI is InChI=1S/C11H25NO/c1-5-9-10(6-2)12(8-4)11(13)7-3/h10-11,13H,5-9H2,1-4H3. The number of nitrogens with zero attached hydrogens (tertiary/aromatic N) is 1. The molecule has 0 bridgehead atoms. The third-order valence-electron chi connectivity index (χ3n) is 2.68. The molecule has 2 atom stereocenters. The molecule has 2 nitrogen and oxygen atoms in total. The summed E-state index contributed by atoms with van der Waals surface area (Å²) in [5.41, 5.74) is 0. The van der Waals surface area contributed by atoms with Gasteiger partial charge in [0.1, 0.15) is 6.23 Å². The number of rotatable bonds is 7. The van der Waals surface area contributed by atoms with E-state index >= 15 is 0 Å². The van der Waals surface area contributed by atoms with Crippen molar-refractivity contribution >= 4 is 0 Å². The first-order valence-corrected chi connectivity index (χ1v) is 5.64. The molecule has 2 heteroatoms. The predicted octanol–water partition coefficient (Wildman–Crippen LogP) is 2.62. The van der Waals surface area contributed by atoms with Crippen LogP contribution in [0.4, 0.5) is 0 Å². The van der Waals surface area contributed by atoms with Gasteiger partial charge in [0, 0.05) is 6.04 Å². The topological polar surface area (TPSA) is 23.5 Å². The zero-order chi connectivity index (χ0) is 10.3. The minimum absolute atomic E-state index is 0.249. The molecule has 0 radical (unpaired) electrons. The molecular weight excluding hydrogens is 162 g/mol. The minimum atomic E-state index is -0.249. The molecule has 0 aromatic heterocycles. The second kappa shape index (κ2) is 7.34. The lowest BCUT2D eigenvalue weighted by Crippen LogP contribution is -2.42. The Kier molecular flexibility index (Phi) is 7.29. The second-order valence-corrected chi connectivity index (χ2v) is 3.57. The van der Waals surface area contributed by atoms with E-state index in [0.29, 0.717) is 6.04 Å². The number of aliphatic hydroxyl groups excluding tert-OH is 1. The van der Waals surface area contributed by atoms with E-state index in [2.05, 4.69) is 25.7 Å². The minimum Gasteiger partial charge on any atom is -0.378 e. The van der Waals surface area contributed by atoms with E-state index in [1.807, 2.05) is 6.92 Å². The normalized spacial score (nSPS) is 16.2. The summed E-state index contributed by atoms with van der Waals surface area (Å²) in [7, 11) is 0. The van der Waals surface area contributed by atoms with E-state index in [1.165, 1.54) is 12.8 Å². The van der Waals surface area contributed by atoms with Crippen LogP contribution in [0.5, 0.6) is 0 Å². The Morgan fingerprint density at radius 3 is 2.00 bits per heavy atom. The smallest absolute Gasteiger partial charge is 0.107 e. The first kappa shape index (κ1) is 12.9. The van der Waals surface area contributed by atoms with Crippen molar-refractivity contribution in [3.05, 3.63) is 0 Å². The van der Waals surface area contributed by atoms with E-state index in [4.69, 9.17) is 0 Å². The summed E-state index contributed by atoms with van der Waals surface area (Å²) < 4.78 is 0. The van der Waals surface area contributed by atoms with Crippen LogP contribution in [0, 0.1) is 0 Å². The summed E-state index contributed by atoms with van der Waals surface area (Å²) in [4.78, 5) is 2.21. The van der Waals surface area contributed by atoms with Crippen LogP contribution in [0.2, 0.25) is 0 Å². The fraction of sp³-hybridized carbons (Fsp3) is 1.00. The van der Waals surface area contributed by atoms with Crippen LogP contribution in [0.15, 0.2) is 0 Å². The Bertz CT molecular complexity index is 117. The average Bonchev–Trinajstić information content (AvgIpc) is 2.17. The van der Waals surface area contributed by atoms with Crippen LogP contribution < -0.4 is 0 Å². The molecule has 0 saturated heterocycles. The Hall–Kier alpha value is -0.0800. The molecular formula is C11H25NO. The molecule has 0 fully saturated rings. The highest BCUT2D eigenvalue weighted by atomic mass is 16.3. The van der Waals surface area contributed by atoms with Gasteiger partial charge in [0.05, 0.1) is 0 Å². The Morgan fingerprint density at radius 2 is 1.69 bits per heavy atom. The summed E-state index contributed by atoms with van der Waals surface area (Å²) in [5.74, 6) is 0. The first-order chi connectivity index (χ1) is 6.21. The van der Waals surface area contributed by atoms with Gasteiger partial charge in [0.2, 0.25) is 0 Å². The lowest BCUT2D eigenvalue weighted by atomic mass is 10.1. The first-order valence-electron chi connectivity index (χ1n) is 5.64. The Balaban J connectivity index is 4.15. The summed E-state index contributed by atoms with van der Waals surface area (Å²) in [5, 5.41) is 9.77. The maximum atomic E-state index is 9.77. The third-order valence-corrected chi connectivity index (χ3v) is 2.68. The third kappa shape index (κ3) is 4.10. The molecule has 0 aliphatic rings. The second-order valence-electron chi connectivity index (χ2n) is 3.57. The van der Waals surface area contributed by atoms with Gasteiger partial charge in [-0.05, 0) is 25.8 Å². The molecule has 0 aromatic rings. The van der Waals surface area contributed by atoms with Crippen molar-refractivity contribution in [3.8, 4) is 0 Å². The van der Waals surface area contributed by atoms with E-state index in [1.54, 1.807) is 0 Å². The fourth-order valence-corrected chi connectivity index (χ4v) is 1.88. The van der Waals surface area contributed by atoms with Gasteiger partial charge in [-0.3, -0.25) is 4.90 Å². The molecule has 80 valence electrons. The molecule has 0 amide bonds. The van der Waals surface area contributed by atoms with Crippen LogP contribution >= 0.6 is 0 Å². The molecule has 2 unspecified atom stereocenters. The SMILES string of the molecule is CCCC(CC)N(CC)C(O)CC. The van der Waals surface area contributed by atoms with Crippen molar-refractivity contribution < 1.29 is 5.11 Å². The van der Waals surface area contributed by atoms with Crippen LogP contribution in [-0.2, 0) is 0 Å². The van der Waals surface area contributed by atoms with E-state index < -0.39 is 0 Å². The van der Waals surface area contributed by atoms with E-state index in [-0.39, 0.29) is 6.23 Å². The monoisotopic (exact) mass is 187 g/mol. The van der Waals surface area contributed by atoms with Gasteiger partial charge < -0.3 is 5.11 Å². The molecule has 0 rings (SSSR count). The van der Waals surface area contributed by atoms with Gasteiger partial charge in [-0.25, -0.2) is 0 Å². The molecule has 0 aliphatic carbocycles. The lowest BCUT2D eigenvalue weighted by molar-refractivity contribution is -0.0271. The average molecular weight is 187 g/mol. The summed E-state index contributed by atoms with van der Waals surface area (Å²) in [6.45, 7) is 9.51. The van der Waals surface area contributed by atoms with Gasteiger partial charge in [0.25, 0.3) is 0 Å². The van der Waals surface area contributed by atoms with Gasteiger partial charge in [0.15, 0.2) is 0 Å². The highest BCUT2D eigenvalue weighted by Gasteiger charge is 2.19. The largest absolute Gasteiger partial charge is 0.378 e. The van der Waals surface area contributed by atoms with Crippen LogP contribution in [0.3, 0.4) is 0 Å². The number of hydrogen-bond acceptors (Lipinski definition) is 2. The predicted molar refractivity (Wildman–Crippen MR) is 57.7 cm³/mol. The molecule has 0 spiro atoms. The van der Waals surface area contributed by atoms with Gasteiger partial charge >= 0.3 is 0 Å². The Morgan fingerprint density at radius 1 is 1.08 bits per heavy atom.